The number of carbonyl (C=O) groups excluding carboxylic acids is 4. The van der Waals surface area contributed by atoms with E-state index in [0.717, 1.165) is 5.56 Å². The molecule has 2 aliphatic rings. The molecule has 2 saturated heterocycles. The van der Waals surface area contributed by atoms with Gasteiger partial charge in [0.15, 0.2) is 0 Å². The molecule has 2 unspecified atom stereocenters. The summed E-state index contributed by atoms with van der Waals surface area (Å²) in [5.74, 6) is -1.99. The molecule has 3 rings (SSSR count). The second kappa shape index (κ2) is 13.8. The van der Waals surface area contributed by atoms with Gasteiger partial charge in [-0.1, -0.05) is 42.4 Å². The summed E-state index contributed by atoms with van der Waals surface area (Å²) in [6, 6.07) is 6.68. The van der Waals surface area contributed by atoms with Crippen molar-refractivity contribution in [3.05, 3.63) is 46.3 Å². The Hall–Kier alpha value is -3.36. The molecule has 12 nitrogen and oxygen atoms in total. The molecule has 0 bridgehead atoms. The molecule has 0 aliphatic carbocycles. The summed E-state index contributed by atoms with van der Waals surface area (Å²) in [5, 5.41) is 12.1. The van der Waals surface area contributed by atoms with Crippen molar-refractivity contribution in [1.82, 2.24) is 20.9 Å². The van der Waals surface area contributed by atoms with Crippen molar-refractivity contribution in [1.29, 1.82) is 0 Å². The molecule has 0 saturated carbocycles. The van der Waals surface area contributed by atoms with Crippen LogP contribution >= 0.6 is 9.24 Å². The predicted octanol–water partition coefficient (Wildman–Crippen LogP) is 3.54. The third-order valence-corrected chi connectivity index (χ3v) is 7.77. The predicted molar refractivity (Wildman–Crippen MR) is 153 cm³/mol. The molecule has 0 aromatic heterocycles. The van der Waals surface area contributed by atoms with Crippen LogP contribution < -0.4 is 16.0 Å². The maximum atomic E-state index is 14.0. The highest BCUT2D eigenvalue weighted by atomic mass is 31.0. The zero-order valence-electron chi connectivity index (χ0n) is 23.5. The van der Waals surface area contributed by atoms with Crippen molar-refractivity contribution in [2.75, 3.05) is 6.54 Å². The molecule has 4 amide bonds. The molecule has 2 heterocycles. The van der Waals surface area contributed by atoms with E-state index in [1.54, 1.807) is 32.6 Å². The Morgan fingerprint density at radius 3 is 2.45 bits per heavy atom. The molecule has 218 valence electrons. The van der Waals surface area contributed by atoms with Gasteiger partial charge >= 0.3 is 6.09 Å². The molecule has 0 radical (unpaired) electrons. The van der Waals surface area contributed by atoms with Crippen LogP contribution in [0.3, 0.4) is 0 Å². The van der Waals surface area contributed by atoms with E-state index in [2.05, 4.69) is 35.2 Å². The molecular formula is C27H40N7O5P. The third-order valence-electron chi connectivity index (χ3n) is 7.22. The number of hydrogen-bond acceptors (Lipinski definition) is 6. The van der Waals surface area contributed by atoms with E-state index < -0.39 is 47.6 Å². The molecule has 7 atom stereocenters. The summed E-state index contributed by atoms with van der Waals surface area (Å²) < 4.78 is 5.28. The van der Waals surface area contributed by atoms with Crippen LogP contribution in [0.2, 0.25) is 0 Å². The first-order valence-electron chi connectivity index (χ1n) is 13.7. The van der Waals surface area contributed by atoms with Crippen molar-refractivity contribution in [2.45, 2.75) is 95.4 Å². The molecular weight excluding hydrogens is 533 g/mol. The molecule has 13 heteroatoms. The van der Waals surface area contributed by atoms with Crippen LogP contribution in [0.15, 0.2) is 35.4 Å². The van der Waals surface area contributed by atoms with Gasteiger partial charge in [-0.2, -0.15) is 0 Å². The lowest BCUT2D eigenvalue weighted by atomic mass is 9.93. The van der Waals surface area contributed by atoms with Crippen LogP contribution in [-0.4, -0.2) is 65.0 Å². The average Bonchev–Trinajstić information content (AvgIpc) is 3.29. The van der Waals surface area contributed by atoms with E-state index in [1.165, 1.54) is 0 Å². The summed E-state index contributed by atoms with van der Waals surface area (Å²) in [7, 11) is 2.61. The zero-order chi connectivity index (χ0) is 29.4. The number of rotatable bonds is 9. The standard InChI is InChI=1S/C27H40N7O5P/c1-5-19(30-26(38)39-27(2,3)4)22(35)31-21-17(15-29-33-28)11-12-18-13-14-20(34(18)25(21)37)23(36)32-24(40)16-9-7-6-8-10-16/h6-10,17-21,24H,5,11-15,40H2,1-4H3,(H,30,38)(H,31,35)(H,32,36)/t17-,18+,19+,20+,21+,24?/m1/s1. The number of azide groups is 1. The number of carbonyl (C=O) groups is 4. The fraction of sp³-hybridized carbons (Fsp3) is 0.630. The minimum atomic E-state index is -1.02. The van der Waals surface area contributed by atoms with Gasteiger partial charge in [-0.05, 0) is 69.9 Å². The van der Waals surface area contributed by atoms with Crippen LogP contribution in [0.1, 0.15) is 71.1 Å². The van der Waals surface area contributed by atoms with Gasteiger partial charge in [0.25, 0.3) is 0 Å². The number of nitrogens with one attached hydrogen (secondary N) is 3. The zero-order valence-corrected chi connectivity index (χ0v) is 24.7. The quantitative estimate of drug-likeness (QED) is 0.178. The number of hydrogen-bond donors (Lipinski definition) is 3. The summed E-state index contributed by atoms with van der Waals surface area (Å²) in [4.78, 5) is 57.4. The average molecular weight is 574 g/mol. The first-order valence-corrected chi connectivity index (χ1v) is 14.4. The summed E-state index contributed by atoms with van der Waals surface area (Å²) in [6.45, 7) is 6.91. The lowest BCUT2D eigenvalue weighted by Gasteiger charge is -2.33. The SMILES string of the molecule is CC[C@H](NC(=O)OC(C)(C)C)C(=O)N[C@@H]1C(=O)N2[C@@H](CC[C@@H]1CN=[N+]=[N-])CC[C@H]2C(=O)NC(P)c1ccccc1. The highest BCUT2D eigenvalue weighted by molar-refractivity contribution is 7.17. The van der Waals surface area contributed by atoms with Crippen LogP contribution in [0.4, 0.5) is 4.79 Å². The van der Waals surface area contributed by atoms with Gasteiger partial charge < -0.3 is 25.6 Å². The maximum absolute atomic E-state index is 14.0. The Morgan fingerprint density at radius 2 is 1.82 bits per heavy atom. The van der Waals surface area contributed by atoms with Gasteiger partial charge in [-0.15, -0.1) is 9.24 Å². The summed E-state index contributed by atoms with van der Waals surface area (Å²) >= 11 is 0. The molecule has 1 aromatic carbocycles. The molecule has 2 aliphatic heterocycles. The van der Waals surface area contributed by atoms with Gasteiger partial charge in [0.1, 0.15) is 23.7 Å². The second-order valence-corrected chi connectivity index (χ2v) is 11.9. The Labute approximate surface area is 237 Å². The van der Waals surface area contributed by atoms with Crippen molar-refractivity contribution in [3.8, 4) is 0 Å². The Kier molecular flexibility index (Phi) is 10.8. The number of nitrogens with zero attached hydrogens (tertiary/aromatic N) is 4. The topological polar surface area (TPSA) is 166 Å². The van der Waals surface area contributed by atoms with Crippen LogP contribution in [0, 0.1) is 5.92 Å². The number of benzene rings is 1. The van der Waals surface area contributed by atoms with Gasteiger partial charge in [-0.25, -0.2) is 4.79 Å². The first kappa shape index (κ1) is 31.2. The lowest BCUT2D eigenvalue weighted by molar-refractivity contribution is -0.143. The van der Waals surface area contributed by atoms with E-state index in [9.17, 15) is 19.2 Å². The van der Waals surface area contributed by atoms with Crippen molar-refractivity contribution < 1.29 is 23.9 Å². The fourth-order valence-corrected chi connectivity index (χ4v) is 5.65. The lowest BCUT2D eigenvalue weighted by Crippen LogP contribution is -2.59. The van der Waals surface area contributed by atoms with Crippen molar-refractivity contribution in [3.63, 3.8) is 0 Å². The van der Waals surface area contributed by atoms with Gasteiger partial charge in [0, 0.05) is 17.5 Å². The molecule has 3 N–H and O–H groups in total. The van der Waals surface area contributed by atoms with E-state index in [0.29, 0.717) is 25.7 Å². The van der Waals surface area contributed by atoms with E-state index >= 15 is 0 Å². The van der Waals surface area contributed by atoms with Gasteiger partial charge in [0.05, 0.1) is 5.78 Å². The molecule has 40 heavy (non-hydrogen) atoms. The van der Waals surface area contributed by atoms with E-state index in [4.69, 9.17) is 10.3 Å². The molecule has 0 spiro atoms. The molecule has 1 aromatic rings. The van der Waals surface area contributed by atoms with Crippen molar-refractivity contribution >= 4 is 33.1 Å². The minimum absolute atomic E-state index is 0.0164. The number of fused-ring (bicyclic) bond motifs is 1. The molecule has 2 fully saturated rings. The maximum Gasteiger partial charge on any atom is 0.408 e. The van der Waals surface area contributed by atoms with Crippen LogP contribution in [0.25, 0.3) is 10.4 Å². The first-order chi connectivity index (χ1) is 18.9. The largest absolute Gasteiger partial charge is 0.444 e. The highest BCUT2D eigenvalue weighted by Gasteiger charge is 2.47. The van der Waals surface area contributed by atoms with Crippen LogP contribution in [0.5, 0.6) is 0 Å². The highest BCUT2D eigenvalue weighted by Crippen LogP contribution is 2.35. The second-order valence-electron chi connectivity index (χ2n) is 11.2. The van der Waals surface area contributed by atoms with Gasteiger partial charge in [0.2, 0.25) is 17.7 Å². The Balaban J connectivity index is 1.79. The normalized spacial score (nSPS) is 24.0. The number of ether oxygens (including phenoxy) is 1. The van der Waals surface area contributed by atoms with Crippen LogP contribution in [-0.2, 0) is 19.1 Å². The van der Waals surface area contributed by atoms with Crippen molar-refractivity contribution in [2.24, 2.45) is 11.0 Å². The number of alkyl carbamates (subject to hydrolysis) is 1. The number of amides is 4. The Morgan fingerprint density at radius 1 is 1.15 bits per heavy atom. The van der Waals surface area contributed by atoms with E-state index in [1.807, 2.05) is 30.3 Å². The third kappa shape index (κ3) is 8.08. The monoisotopic (exact) mass is 573 g/mol. The smallest absolute Gasteiger partial charge is 0.408 e. The minimum Gasteiger partial charge on any atom is -0.444 e. The van der Waals surface area contributed by atoms with E-state index in [-0.39, 0.29) is 30.7 Å². The Bertz CT molecular complexity index is 1120. The summed E-state index contributed by atoms with van der Waals surface area (Å²) in [6.07, 6.45) is 1.83. The van der Waals surface area contributed by atoms with Gasteiger partial charge in [-0.3, -0.25) is 14.4 Å². The summed E-state index contributed by atoms with van der Waals surface area (Å²) in [5.41, 5.74) is 9.11. The fourth-order valence-electron chi connectivity index (χ4n) is 5.26.